The Morgan fingerprint density at radius 2 is 2.00 bits per heavy atom. The Hall–Kier alpha value is -1.95. The molecule has 1 heterocycles. The summed E-state index contributed by atoms with van der Waals surface area (Å²) in [6, 6.07) is 7.28. The van der Waals surface area contributed by atoms with E-state index in [4.69, 9.17) is 0 Å². The minimum absolute atomic E-state index is 0.0375. The van der Waals surface area contributed by atoms with Gasteiger partial charge in [0.1, 0.15) is 0 Å². The Bertz CT molecular complexity index is 696. The molecule has 2 aromatic rings. The molecule has 1 aromatic carbocycles. The van der Waals surface area contributed by atoms with Crippen LogP contribution in [0.2, 0.25) is 0 Å². The minimum atomic E-state index is -1.01. The molecule has 118 valence electrons. The summed E-state index contributed by atoms with van der Waals surface area (Å²) in [7, 11) is 0. The van der Waals surface area contributed by atoms with Crippen LogP contribution < -0.4 is 5.32 Å². The van der Waals surface area contributed by atoms with E-state index in [1.807, 2.05) is 32.0 Å². The zero-order chi connectivity index (χ0) is 16.3. The Labute approximate surface area is 134 Å². The Morgan fingerprint density at radius 3 is 2.64 bits per heavy atom. The van der Waals surface area contributed by atoms with Gasteiger partial charge in [0.05, 0.1) is 5.52 Å². The number of thiol groups is 1. The second kappa shape index (κ2) is 6.87. The van der Waals surface area contributed by atoms with E-state index < -0.39 is 6.09 Å². The molecule has 0 bridgehead atoms. The van der Waals surface area contributed by atoms with Crippen LogP contribution >= 0.6 is 12.6 Å². The number of rotatable bonds is 5. The first-order chi connectivity index (χ1) is 10.4. The van der Waals surface area contributed by atoms with Gasteiger partial charge in [-0.2, -0.15) is 12.6 Å². The molecule has 1 aromatic heterocycles. The van der Waals surface area contributed by atoms with Crippen LogP contribution in [0.1, 0.15) is 19.4 Å². The van der Waals surface area contributed by atoms with Gasteiger partial charge in [0.15, 0.2) is 0 Å². The van der Waals surface area contributed by atoms with E-state index in [2.05, 4.69) is 17.9 Å². The van der Waals surface area contributed by atoms with Crippen LogP contribution in [-0.2, 0) is 11.2 Å². The number of aromatic nitrogens is 1. The molecule has 2 rings (SSSR count). The first kappa shape index (κ1) is 16.4. The van der Waals surface area contributed by atoms with Gasteiger partial charge in [-0.05, 0) is 25.0 Å². The summed E-state index contributed by atoms with van der Waals surface area (Å²) in [5, 5.41) is 13.1. The van der Waals surface area contributed by atoms with Crippen molar-refractivity contribution in [3.8, 4) is 0 Å². The van der Waals surface area contributed by atoms with Crippen LogP contribution in [0.25, 0.3) is 10.9 Å². The molecule has 0 saturated heterocycles. The number of fused-ring (bicyclic) bond motifs is 1. The summed E-state index contributed by atoms with van der Waals surface area (Å²) in [4.78, 5) is 23.2. The number of carbonyl (C=O) groups is 2. The molecule has 0 aliphatic carbocycles. The Balaban J connectivity index is 2.21. The maximum Gasteiger partial charge on any atom is 0.416 e. The number of hydrogen-bond acceptors (Lipinski definition) is 3. The maximum atomic E-state index is 11.9. The van der Waals surface area contributed by atoms with Crippen LogP contribution in [0.15, 0.2) is 30.5 Å². The molecule has 0 aliphatic heterocycles. The second-order valence-electron chi connectivity index (χ2n) is 5.52. The first-order valence-corrected chi connectivity index (χ1v) is 7.80. The highest BCUT2D eigenvalue weighted by Gasteiger charge is 2.17. The molecule has 22 heavy (non-hydrogen) atoms. The monoisotopic (exact) mass is 320 g/mol. The normalized spacial score (nSPS) is 13.8. The predicted octanol–water partition coefficient (Wildman–Crippen LogP) is 2.78. The molecule has 6 heteroatoms. The van der Waals surface area contributed by atoms with Crippen molar-refractivity contribution in [2.45, 2.75) is 26.3 Å². The van der Waals surface area contributed by atoms with Gasteiger partial charge in [0, 0.05) is 29.3 Å². The van der Waals surface area contributed by atoms with E-state index >= 15 is 0 Å². The number of nitrogens with zero attached hydrogens (tertiary/aromatic N) is 1. The lowest BCUT2D eigenvalue weighted by Crippen LogP contribution is -2.38. The van der Waals surface area contributed by atoms with E-state index in [0.29, 0.717) is 17.7 Å². The van der Waals surface area contributed by atoms with Crippen molar-refractivity contribution in [2.24, 2.45) is 5.92 Å². The zero-order valence-corrected chi connectivity index (χ0v) is 13.5. The lowest BCUT2D eigenvalue weighted by Gasteiger charge is -2.16. The Kier molecular flexibility index (Phi) is 5.13. The second-order valence-corrected chi connectivity index (χ2v) is 5.89. The number of carboxylic acid groups (broad SMARTS) is 1. The van der Waals surface area contributed by atoms with Crippen molar-refractivity contribution in [3.05, 3.63) is 36.0 Å². The molecule has 0 aliphatic rings. The standard InChI is InChI=1S/C16H20N2O3S/c1-10(9-22)15(19)17-11(2)7-12-8-18(16(20)21)14-6-4-3-5-13(12)14/h3-6,8,10-11,22H,7,9H2,1-2H3,(H,17,19)(H,20,21)/t10?,11-/m1/s1. The molecular weight excluding hydrogens is 300 g/mol. The van der Waals surface area contributed by atoms with Gasteiger partial charge >= 0.3 is 6.09 Å². The Morgan fingerprint density at radius 1 is 1.32 bits per heavy atom. The van der Waals surface area contributed by atoms with E-state index in [1.165, 1.54) is 4.57 Å². The average Bonchev–Trinajstić information content (AvgIpc) is 2.85. The van der Waals surface area contributed by atoms with Gasteiger partial charge in [-0.3, -0.25) is 9.36 Å². The molecule has 5 nitrogen and oxygen atoms in total. The summed E-state index contributed by atoms with van der Waals surface area (Å²) in [6.07, 6.45) is 1.19. The fourth-order valence-corrected chi connectivity index (χ4v) is 2.59. The van der Waals surface area contributed by atoms with E-state index in [-0.39, 0.29) is 17.9 Å². The third-order valence-corrected chi connectivity index (χ3v) is 4.18. The number of carbonyl (C=O) groups excluding carboxylic acids is 1. The number of hydrogen-bond donors (Lipinski definition) is 3. The highest BCUT2D eigenvalue weighted by Crippen LogP contribution is 2.22. The third-order valence-electron chi connectivity index (χ3n) is 3.64. The van der Waals surface area contributed by atoms with Crippen LogP contribution in [0.5, 0.6) is 0 Å². The predicted molar refractivity (Wildman–Crippen MR) is 89.7 cm³/mol. The molecule has 0 fully saturated rings. The molecule has 1 unspecified atom stereocenters. The van der Waals surface area contributed by atoms with Crippen LogP contribution in [0, 0.1) is 5.92 Å². The number of amides is 1. The van der Waals surface area contributed by atoms with Crippen LogP contribution in [-0.4, -0.2) is 33.5 Å². The van der Waals surface area contributed by atoms with E-state index in [0.717, 1.165) is 10.9 Å². The number of benzene rings is 1. The van der Waals surface area contributed by atoms with Crippen molar-refractivity contribution in [1.29, 1.82) is 0 Å². The molecule has 0 radical (unpaired) electrons. The smallest absolute Gasteiger partial charge is 0.416 e. The topological polar surface area (TPSA) is 71.3 Å². The maximum absolute atomic E-state index is 11.9. The quantitative estimate of drug-likeness (QED) is 0.742. The fraction of sp³-hybridized carbons (Fsp3) is 0.375. The van der Waals surface area contributed by atoms with Gasteiger partial charge in [-0.15, -0.1) is 0 Å². The van der Waals surface area contributed by atoms with Gasteiger partial charge in [0.2, 0.25) is 5.91 Å². The van der Waals surface area contributed by atoms with Crippen molar-refractivity contribution in [3.63, 3.8) is 0 Å². The molecular formula is C16H20N2O3S. The van der Waals surface area contributed by atoms with Crippen molar-refractivity contribution >= 4 is 35.5 Å². The SMILES string of the molecule is CC(CS)C(=O)N[C@H](C)Cc1cn(C(=O)O)c2ccccc12. The van der Waals surface area contributed by atoms with Gasteiger partial charge < -0.3 is 10.4 Å². The van der Waals surface area contributed by atoms with Gasteiger partial charge in [0.25, 0.3) is 0 Å². The van der Waals surface area contributed by atoms with Crippen LogP contribution in [0.4, 0.5) is 4.79 Å². The van der Waals surface area contributed by atoms with Gasteiger partial charge in [-0.1, -0.05) is 25.1 Å². The molecule has 0 saturated carbocycles. The van der Waals surface area contributed by atoms with Crippen molar-refractivity contribution in [2.75, 3.05) is 5.75 Å². The highest BCUT2D eigenvalue weighted by molar-refractivity contribution is 7.80. The summed E-state index contributed by atoms with van der Waals surface area (Å²) in [5.41, 5.74) is 1.57. The summed E-state index contributed by atoms with van der Waals surface area (Å²) in [5.74, 6) is 0.312. The molecule has 2 atom stereocenters. The van der Waals surface area contributed by atoms with Crippen LogP contribution in [0.3, 0.4) is 0 Å². The van der Waals surface area contributed by atoms with Crippen molar-refractivity contribution < 1.29 is 14.7 Å². The number of para-hydroxylation sites is 1. The van der Waals surface area contributed by atoms with Gasteiger partial charge in [-0.25, -0.2) is 4.79 Å². The lowest BCUT2D eigenvalue weighted by atomic mass is 10.1. The summed E-state index contributed by atoms with van der Waals surface area (Å²) in [6.45, 7) is 3.74. The molecule has 1 amide bonds. The summed E-state index contributed by atoms with van der Waals surface area (Å²) >= 11 is 4.12. The van der Waals surface area contributed by atoms with E-state index in [9.17, 15) is 14.7 Å². The first-order valence-electron chi connectivity index (χ1n) is 7.17. The fourth-order valence-electron chi connectivity index (χ4n) is 2.42. The van der Waals surface area contributed by atoms with E-state index in [1.54, 1.807) is 12.3 Å². The average molecular weight is 320 g/mol. The molecule has 0 spiro atoms. The molecule has 2 N–H and O–H groups in total. The zero-order valence-electron chi connectivity index (χ0n) is 12.6. The highest BCUT2D eigenvalue weighted by atomic mass is 32.1. The third kappa shape index (κ3) is 3.44. The minimum Gasteiger partial charge on any atom is -0.464 e. The summed E-state index contributed by atoms with van der Waals surface area (Å²) < 4.78 is 1.22. The van der Waals surface area contributed by atoms with Crippen molar-refractivity contribution in [1.82, 2.24) is 9.88 Å². The number of nitrogens with one attached hydrogen (secondary N) is 1. The lowest BCUT2D eigenvalue weighted by molar-refractivity contribution is -0.124. The largest absolute Gasteiger partial charge is 0.464 e.